The van der Waals surface area contributed by atoms with Crippen LogP contribution in [0.5, 0.6) is 5.75 Å². The lowest BCUT2D eigenvalue weighted by molar-refractivity contribution is -0.137. The zero-order chi connectivity index (χ0) is 20.7. The molecule has 3 heterocycles. The average molecular weight is 407 g/mol. The minimum Gasteiger partial charge on any atom is -0.484 e. The molecule has 30 heavy (non-hydrogen) atoms. The first-order valence-corrected chi connectivity index (χ1v) is 9.90. The van der Waals surface area contributed by atoms with Crippen molar-refractivity contribution in [1.29, 1.82) is 0 Å². The molecular formula is C23H19F2N3O2. The van der Waals surface area contributed by atoms with Crippen molar-refractivity contribution in [3.05, 3.63) is 77.6 Å². The maximum atomic E-state index is 13.2. The molecule has 0 aliphatic carbocycles. The summed E-state index contributed by atoms with van der Waals surface area (Å²) < 4.78 is 31.8. The number of hydrogen-bond donors (Lipinski definition) is 0. The second-order valence-corrected chi connectivity index (χ2v) is 7.60. The summed E-state index contributed by atoms with van der Waals surface area (Å²) >= 11 is 0. The highest BCUT2D eigenvalue weighted by molar-refractivity contribution is 5.79. The number of hydrogen-bond acceptors (Lipinski definition) is 4. The van der Waals surface area contributed by atoms with E-state index in [-0.39, 0.29) is 36.2 Å². The summed E-state index contributed by atoms with van der Waals surface area (Å²) in [6.07, 6.45) is 4.20. The number of rotatable bonds is 4. The van der Waals surface area contributed by atoms with E-state index in [1.807, 2.05) is 4.90 Å². The van der Waals surface area contributed by atoms with E-state index in [1.165, 1.54) is 36.4 Å². The lowest BCUT2D eigenvalue weighted by Crippen LogP contribution is -2.44. The Labute approximate surface area is 172 Å². The topological polar surface area (TPSA) is 55.3 Å². The summed E-state index contributed by atoms with van der Waals surface area (Å²) in [6, 6.07) is 11.7. The number of benzene rings is 2. The summed E-state index contributed by atoms with van der Waals surface area (Å²) in [4.78, 5) is 23.9. The molecule has 5 nitrogen and oxygen atoms in total. The maximum absolute atomic E-state index is 13.2. The van der Waals surface area contributed by atoms with Crippen LogP contribution in [-0.4, -0.2) is 33.4 Å². The van der Waals surface area contributed by atoms with Gasteiger partial charge in [0, 0.05) is 29.8 Å². The molecule has 1 aromatic heterocycles. The third-order valence-corrected chi connectivity index (χ3v) is 5.76. The molecular weight excluding hydrogens is 388 g/mol. The van der Waals surface area contributed by atoms with E-state index in [4.69, 9.17) is 9.72 Å². The van der Waals surface area contributed by atoms with E-state index in [1.54, 1.807) is 18.3 Å². The van der Waals surface area contributed by atoms with Crippen LogP contribution < -0.4 is 4.74 Å². The molecule has 1 fully saturated rings. The number of carbonyl (C=O) groups excluding carboxylic acids is 1. The predicted octanol–water partition coefficient (Wildman–Crippen LogP) is 4.09. The molecule has 1 amide bonds. The van der Waals surface area contributed by atoms with Crippen LogP contribution in [0.25, 0.3) is 11.4 Å². The van der Waals surface area contributed by atoms with E-state index in [0.29, 0.717) is 18.0 Å². The van der Waals surface area contributed by atoms with E-state index < -0.39 is 0 Å². The molecule has 0 saturated carbocycles. The number of halogens is 2. The molecule has 1 saturated heterocycles. The largest absolute Gasteiger partial charge is 0.484 e. The van der Waals surface area contributed by atoms with Gasteiger partial charge in [0.2, 0.25) is 0 Å². The number of ether oxygens (including phenoxy) is 1. The molecule has 2 unspecified atom stereocenters. The van der Waals surface area contributed by atoms with Crippen LogP contribution in [0, 0.1) is 11.6 Å². The molecule has 5 rings (SSSR count). The first-order valence-electron chi connectivity index (χ1n) is 9.90. The molecule has 2 atom stereocenters. The van der Waals surface area contributed by atoms with Gasteiger partial charge in [-0.2, -0.15) is 0 Å². The van der Waals surface area contributed by atoms with Crippen molar-refractivity contribution in [2.75, 3.05) is 6.61 Å². The van der Waals surface area contributed by atoms with Gasteiger partial charge >= 0.3 is 0 Å². The van der Waals surface area contributed by atoms with Gasteiger partial charge in [0.15, 0.2) is 12.4 Å². The van der Waals surface area contributed by atoms with Gasteiger partial charge in [0.05, 0.1) is 11.7 Å². The zero-order valence-corrected chi connectivity index (χ0v) is 16.1. The Kier molecular flexibility index (Phi) is 4.65. The Hall–Kier alpha value is -3.35. The highest BCUT2D eigenvalue weighted by Gasteiger charge is 2.43. The second kappa shape index (κ2) is 7.48. The molecule has 152 valence electrons. The molecule has 2 aliphatic rings. The monoisotopic (exact) mass is 407 g/mol. The van der Waals surface area contributed by atoms with Crippen molar-refractivity contribution in [2.45, 2.75) is 31.3 Å². The highest BCUT2D eigenvalue weighted by Crippen LogP contribution is 2.43. The summed E-state index contributed by atoms with van der Waals surface area (Å²) in [7, 11) is 0. The average Bonchev–Trinajstić information content (AvgIpc) is 3.08. The second-order valence-electron chi connectivity index (χ2n) is 7.60. The van der Waals surface area contributed by atoms with Crippen LogP contribution in [-0.2, 0) is 11.2 Å². The minimum atomic E-state index is -0.348. The Morgan fingerprint density at radius 2 is 1.73 bits per heavy atom. The van der Waals surface area contributed by atoms with Crippen molar-refractivity contribution >= 4 is 5.91 Å². The molecule has 0 spiro atoms. The van der Waals surface area contributed by atoms with Crippen molar-refractivity contribution in [3.8, 4) is 17.1 Å². The fourth-order valence-electron chi connectivity index (χ4n) is 4.35. The standard InChI is InChI=1S/C23H19F2N3O2/c24-15-3-1-14(2-4-15)23-26-12-19-20(27-23)11-17-7-10-21(19)28(17)22(29)13-30-18-8-5-16(25)6-9-18/h1-6,8-9,12,17,21H,7,10-11,13H2. The van der Waals surface area contributed by atoms with Gasteiger partial charge in [-0.1, -0.05) is 0 Å². The number of amides is 1. The Bertz CT molecular complexity index is 1090. The number of carbonyl (C=O) groups is 1. The normalized spacial score (nSPS) is 19.5. The van der Waals surface area contributed by atoms with Crippen LogP contribution in [0.15, 0.2) is 54.7 Å². The van der Waals surface area contributed by atoms with Crippen molar-refractivity contribution < 1.29 is 18.3 Å². The van der Waals surface area contributed by atoms with Crippen molar-refractivity contribution in [2.24, 2.45) is 0 Å². The number of fused-ring (bicyclic) bond motifs is 4. The van der Waals surface area contributed by atoms with E-state index >= 15 is 0 Å². The lowest BCUT2D eigenvalue weighted by atomic mass is 9.99. The fraction of sp³-hybridized carbons (Fsp3) is 0.261. The third-order valence-electron chi connectivity index (χ3n) is 5.76. The Balaban J connectivity index is 1.34. The number of nitrogens with zero attached hydrogens (tertiary/aromatic N) is 3. The zero-order valence-electron chi connectivity index (χ0n) is 16.1. The smallest absolute Gasteiger partial charge is 0.261 e. The van der Waals surface area contributed by atoms with Crippen LogP contribution in [0.1, 0.15) is 30.1 Å². The molecule has 0 N–H and O–H groups in total. The third kappa shape index (κ3) is 3.40. The van der Waals surface area contributed by atoms with E-state index in [9.17, 15) is 13.6 Å². The quantitative estimate of drug-likeness (QED) is 0.654. The first kappa shape index (κ1) is 18.7. The minimum absolute atomic E-state index is 0.0645. The van der Waals surface area contributed by atoms with Crippen LogP contribution in [0.4, 0.5) is 8.78 Å². The van der Waals surface area contributed by atoms with E-state index in [2.05, 4.69) is 4.98 Å². The SMILES string of the molecule is O=C(COc1ccc(F)cc1)N1C2CCC1c1cnc(-c3ccc(F)cc3)nc1C2. The van der Waals surface area contributed by atoms with Crippen molar-refractivity contribution in [3.63, 3.8) is 0 Å². The fourth-order valence-corrected chi connectivity index (χ4v) is 4.35. The predicted molar refractivity (Wildman–Crippen MR) is 106 cm³/mol. The molecule has 0 radical (unpaired) electrons. The van der Waals surface area contributed by atoms with Gasteiger partial charge < -0.3 is 9.64 Å². The van der Waals surface area contributed by atoms with Gasteiger partial charge in [-0.25, -0.2) is 18.7 Å². The molecule has 2 aromatic carbocycles. The molecule has 2 bridgehead atoms. The van der Waals surface area contributed by atoms with Crippen LogP contribution >= 0.6 is 0 Å². The first-order chi connectivity index (χ1) is 14.6. The van der Waals surface area contributed by atoms with E-state index in [0.717, 1.165) is 29.7 Å². The van der Waals surface area contributed by atoms with Crippen LogP contribution in [0.3, 0.4) is 0 Å². The molecule has 7 heteroatoms. The van der Waals surface area contributed by atoms with Crippen molar-refractivity contribution in [1.82, 2.24) is 14.9 Å². The Morgan fingerprint density at radius 1 is 1.03 bits per heavy atom. The molecule has 3 aromatic rings. The molecule has 2 aliphatic heterocycles. The van der Waals surface area contributed by atoms with Gasteiger partial charge in [-0.3, -0.25) is 4.79 Å². The Morgan fingerprint density at radius 3 is 2.47 bits per heavy atom. The van der Waals surface area contributed by atoms with Gasteiger partial charge in [0.25, 0.3) is 5.91 Å². The van der Waals surface area contributed by atoms with Gasteiger partial charge in [-0.15, -0.1) is 0 Å². The highest BCUT2D eigenvalue weighted by atomic mass is 19.1. The summed E-state index contributed by atoms with van der Waals surface area (Å²) in [5.74, 6) is 0.278. The lowest BCUT2D eigenvalue weighted by Gasteiger charge is -2.35. The van der Waals surface area contributed by atoms with Gasteiger partial charge in [-0.05, 0) is 61.4 Å². The van der Waals surface area contributed by atoms with Gasteiger partial charge in [0.1, 0.15) is 17.4 Å². The van der Waals surface area contributed by atoms with Crippen LogP contribution in [0.2, 0.25) is 0 Å². The summed E-state index contributed by atoms with van der Waals surface area (Å²) in [5.41, 5.74) is 2.67. The maximum Gasteiger partial charge on any atom is 0.261 e. The summed E-state index contributed by atoms with van der Waals surface area (Å²) in [5, 5.41) is 0. The summed E-state index contributed by atoms with van der Waals surface area (Å²) in [6.45, 7) is -0.0948. The number of aromatic nitrogens is 2.